The molecule has 1 heterocycles. The number of para-hydroxylation sites is 1. The highest BCUT2D eigenvalue weighted by Crippen LogP contribution is 2.25. The molecule has 1 saturated heterocycles. The Balaban J connectivity index is 1.81. The summed E-state index contributed by atoms with van der Waals surface area (Å²) in [5, 5.41) is 0.871. The Bertz CT molecular complexity index is 365. The molecule has 2 nitrogen and oxygen atoms in total. The Kier molecular flexibility index (Phi) is 6.05. The van der Waals surface area contributed by atoms with Gasteiger partial charge in [-0.2, -0.15) is 0 Å². The Morgan fingerprint density at radius 3 is 2.44 bits per heavy atom. The van der Waals surface area contributed by atoms with Gasteiger partial charge in [-0.3, -0.25) is 4.90 Å². The van der Waals surface area contributed by atoms with Gasteiger partial charge in [0.05, 0.1) is 10.7 Å². The van der Waals surface area contributed by atoms with Gasteiger partial charge in [-0.1, -0.05) is 46.3 Å². The molecule has 1 aliphatic rings. The number of hydrogen-bond donors (Lipinski definition) is 0. The third-order valence-electron chi connectivity index (χ3n) is 3.42. The van der Waals surface area contributed by atoms with Crippen molar-refractivity contribution in [1.82, 2.24) is 4.90 Å². The van der Waals surface area contributed by atoms with Crippen LogP contribution in [0.4, 0.5) is 5.69 Å². The highest BCUT2D eigenvalue weighted by molar-refractivity contribution is 14.1. The van der Waals surface area contributed by atoms with Crippen LogP contribution in [-0.2, 0) is 0 Å². The highest BCUT2D eigenvalue weighted by atomic mass is 127. The number of hydrogen-bond acceptors (Lipinski definition) is 2. The number of nitrogens with zero attached hydrogens (tertiary/aromatic N) is 2. The molecule has 1 fully saturated rings. The number of alkyl halides is 1. The molecule has 0 amide bonds. The molecular weight excluding hydrogens is 359 g/mol. The van der Waals surface area contributed by atoms with E-state index >= 15 is 0 Å². The molecule has 2 rings (SSSR count). The fraction of sp³-hybridized carbons (Fsp3) is 0.571. The third-order valence-corrected chi connectivity index (χ3v) is 4.51. The fourth-order valence-corrected chi connectivity index (χ4v) is 3.15. The van der Waals surface area contributed by atoms with E-state index in [4.69, 9.17) is 11.6 Å². The lowest BCUT2D eigenvalue weighted by atomic mass is 10.2. The molecule has 1 aromatic rings. The lowest BCUT2D eigenvalue weighted by Crippen LogP contribution is -2.46. The molecule has 100 valence electrons. The molecule has 0 aromatic heterocycles. The van der Waals surface area contributed by atoms with Crippen molar-refractivity contribution in [2.45, 2.75) is 12.8 Å². The van der Waals surface area contributed by atoms with Crippen LogP contribution in [0.25, 0.3) is 0 Å². The van der Waals surface area contributed by atoms with E-state index in [9.17, 15) is 0 Å². The largest absolute Gasteiger partial charge is 0.368 e. The summed E-state index contributed by atoms with van der Waals surface area (Å²) in [6.07, 6.45) is 2.67. The fourth-order valence-electron chi connectivity index (χ4n) is 2.35. The SMILES string of the molecule is Clc1ccccc1N1CCN(CCCCI)CC1. The summed E-state index contributed by atoms with van der Waals surface area (Å²) in [5.41, 5.74) is 1.19. The van der Waals surface area contributed by atoms with Gasteiger partial charge in [-0.15, -0.1) is 0 Å². The van der Waals surface area contributed by atoms with Gasteiger partial charge in [0.15, 0.2) is 0 Å². The number of halogens is 2. The summed E-state index contributed by atoms with van der Waals surface area (Å²) in [5.74, 6) is 0. The number of unbranched alkanes of at least 4 members (excludes halogenated alkanes) is 1. The van der Waals surface area contributed by atoms with Crippen LogP contribution in [0, 0.1) is 0 Å². The van der Waals surface area contributed by atoms with E-state index in [1.807, 2.05) is 12.1 Å². The number of benzene rings is 1. The summed E-state index contributed by atoms with van der Waals surface area (Å²) in [4.78, 5) is 4.97. The lowest BCUT2D eigenvalue weighted by molar-refractivity contribution is 0.254. The molecule has 0 unspecified atom stereocenters. The molecule has 0 N–H and O–H groups in total. The van der Waals surface area contributed by atoms with Gasteiger partial charge in [0.1, 0.15) is 0 Å². The van der Waals surface area contributed by atoms with Crippen LogP contribution in [0.15, 0.2) is 24.3 Å². The van der Waals surface area contributed by atoms with Gasteiger partial charge >= 0.3 is 0 Å². The van der Waals surface area contributed by atoms with Crippen molar-refractivity contribution in [3.05, 3.63) is 29.3 Å². The van der Waals surface area contributed by atoms with Crippen LogP contribution in [0.3, 0.4) is 0 Å². The van der Waals surface area contributed by atoms with Crippen molar-refractivity contribution >= 4 is 39.9 Å². The maximum absolute atomic E-state index is 6.24. The van der Waals surface area contributed by atoms with Gasteiger partial charge < -0.3 is 4.90 Å². The Morgan fingerprint density at radius 1 is 1.06 bits per heavy atom. The Hall–Kier alpha value is -0.000000000000000111. The Labute approximate surface area is 128 Å². The van der Waals surface area contributed by atoms with Crippen LogP contribution in [0.2, 0.25) is 5.02 Å². The van der Waals surface area contributed by atoms with Gasteiger partial charge in [-0.05, 0) is 35.9 Å². The molecule has 0 spiro atoms. The quantitative estimate of drug-likeness (QED) is 0.438. The molecule has 0 radical (unpaired) electrons. The number of anilines is 1. The average Bonchev–Trinajstić information content (AvgIpc) is 2.41. The van der Waals surface area contributed by atoms with E-state index in [0.717, 1.165) is 31.2 Å². The zero-order valence-corrected chi connectivity index (χ0v) is 13.5. The number of rotatable bonds is 5. The first kappa shape index (κ1) is 14.4. The molecule has 0 bridgehead atoms. The van der Waals surface area contributed by atoms with Gasteiger partial charge in [0, 0.05) is 26.2 Å². The molecule has 1 aliphatic heterocycles. The van der Waals surface area contributed by atoms with Crippen molar-refractivity contribution < 1.29 is 0 Å². The van der Waals surface area contributed by atoms with Gasteiger partial charge in [-0.25, -0.2) is 0 Å². The highest BCUT2D eigenvalue weighted by Gasteiger charge is 2.17. The van der Waals surface area contributed by atoms with Gasteiger partial charge in [0.2, 0.25) is 0 Å². The van der Waals surface area contributed by atoms with Crippen LogP contribution in [-0.4, -0.2) is 42.1 Å². The van der Waals surface area contributed by atoms with Crippen molar-refractivity contribution in [2.24, 2.45) is 0 Å². The predicted octanol–water partition coefficient (Wildman–Crippen LogP) is 3.68. The molecule has 1 aromatic carbocycles. The maximum Gasteiger partial charge on any atom is 0.0639 e. The van der Waals surface area contributed by atoms with Crippen molar-refractivity contribution in [3.63, 3.8) is 0 Å². The minimum Gasteiger partial charge on any atom is -0.368 e. The molecule has 18 heavy (non-hydrogen) atoms. The van der Waals surface area contributed by atoms with Crippen LogP contribution in [0.1, 0.15) is 12.8 Å². The summed E-state index contributed by atoms with van der Waals surface area (Å²) in [6.45, 7) is 5.75. The Morgan fingerprint density at radius 2 is 1.78 bits per heavy atom. The minimum absolute atomic E-state index is 0.871. The van der Waals surface area contributed by atoms with Crippen LogP contribution < -0.4 is 4.90 Å². The van der Waals surface area contributed by atoms with Crippen molar-refractivity contribution in [1.29, 1.82) is 0 Å². The van der Waals surface area contributed by atoms with Crippen molar-refractivity contribution in [3.8, 4) is 0 Å². The first-order valence-electron chi connectivity index (χ1n) is 6.59. The topological polar surface area (TPSA) is 6.48 Å². The summed E-state index contributed by atoms with van der Waals surface area (Å²) < 4.78 is 1.28. The lowest BCUT2D eigenvalue weighted by Gasteiger charge is -2.36. The van der Waals surface area contributed by atoms with E-state index < -0.39 is 0 Å². The number of piperazine rings is 1. The predicted molar refractivity (Wildman–Crippen MR) is 88.2 cm³/mol. The summed E-state index contributed by atoms with van der Waals surface area (Å²) in [7, 11) is 0. The normalized spacial score (nSPS) is 17.1. The third kappa shape index (κ3) is 4.00. The second-order valence-electron chi connectivity index (χ2n) is 4.68. The standard InChI is InChI=1S/C14H20ClIN2/c15-13-5-1-2-6-14(13)18-11-9-17(10-12-18)8-4-3-7-16/h1-2,5-6H,3-4,7-12H2. The van der Waals surface area contributed by atoms with E-state index in [1.54, 1.807) is 0 Å². The summed E-state index contributed by atoms with van der Waals surface area (Å²) >= 11 is 8.70. The van der Waals surface area contributed by atoms with E-state index in [1.165, 1.54) is 29.5 Å². The minimum atomic E-state index is 0.871. The second kappa shape index (κ2) is 7.56. The first-order valence-corrected chi connectivity index (χ1v) is 8.49. The van der Waals surface area contributed by atoms with Gasteiger partial charge in [0.25, 0.3) is 0 Å². The average molecular weight is 379 g/mol. The second-order valence-corrected chi connectivity index (χ2v) is 6.16. The zero-order valence-electron chi connectivity index (χ0n) is 10.6. The first-order chi connectivity index (χ1) is 8.81. The molecule has 0 atom stereocenters. The summed E-state index contributed by atoms with van der Waals surface area (Å²) in [6, 6.07) is 8.15. The van der Waals surface area contributed by atoms with E-state index in [0.29, 0.717) is 0 Å². The molecular formula is C14H20ClIN2. The molecule has 0 saturated carbocycles. The van der Waals surface area contributed by atoms with Crippen molar-refractivity contribution in [2.75, 3.05) is 42.1 Å². The monoisotopic (exact) mass is 378 g/mol. The molecule has 0 aliphatic carbocycles. The van der Waals surface area contributed by atoms with E-state index in [-0.39, 0.29) is 0 Å². The van der Waals surface area contributed by atoms with Crippen LogP contribution in [0.5, 0.6) is 0 Å². The zero-order chi connectivity index (χ0) is 12.8. The molecule has 4 heteroatoms. The smallest absolute Gasteiger partial charge is 0.0639 e. The van der Waals surface area contributed by atoms with Crippen LogP contribution >= 0.6 is 34.2 Å². The van der Waals surface area contributed by atoms with E-state index in [2.05, 4.69) is 44.5 Å². The maximum atomic E-state index is 6.24.